The number of hydrogen-bond acceptors (Lipinski definition) is 6. The quantitative estimate of drug-likeness (QED) is 0.768. The van der Waals surface area contributed by atoms with Crippen molar-refractivity contribution in [1.29, 1.82) is 0 Å². The standard InChI is InChI=1S/C24H31N3O5/c1-29-21-9-5-8-20(15-21)25-23(28)27-12-14-32-24(18-27)17-26(11-6-13-31-24)16-19-7-3-4-10-22(19)30-2/h3-5,7-10,15H,6,11-14,16-18H2,1-2H3,(H,25,28). The Morgan fingerprint density at radius 2 is 1.88 bits per heavy atom. The van der Waals surface area contributed by atoms with E-state index in [-0.39, 0.29) is 6.03 Å². The van der Waals surface area contributed by atoms with Gasteiger partial charge in [-0.1, -0.05) is 24.3 Å². The van der Waals surface area contributed by atoms with Crippen LogP contribution in [0.15, 0.2) is 48.5 Å². The monoisotopic (exact) mass is 441 g/mol. The molecule has 0 saturated carbocycles. The van der Waals surface area contributed by atoms with Crippen LogP contribution < -0.4 is 14.8 Å². The van der Waals surface area contributed by atoms with E-state index in [1.165, 1.54) is 0 Å². The molecule has 2 aromatic rings. The normalized spacial score (nSPS) is 21.8. The second kappa shape index (κ2) is 10.2. The van der Waals surface area contributed by atoms with Crippen molar-refractivity contribution in [2.45, 2.75) is 18.8 Å². The summed E-state index contributed by atoms with van der Waals surface area (Å²) in [6.07, 6.45) is 0.899. The van der Waals surface area contributed by atoms with E-state index in [1.807, 2.05) is 36.4 Å². The van der Waals surface area contributed by atoms with Crippen LogP contribution in [0.3, 0.4) is 0 Å². The Kier molecular flexibility index (Phi) is 7.14. The highest BCUT2D eigenvalue weighted by Gasteiger charge is 2.42. The van der Waals surface area contributed by atoms with E-state index in [0.29, 0.717) is 44.3 Å². The maximum absolute atomic E-state index is 13.0. The van der Waals surface area contributed by atoms with Crippen molar-refractivity contribution in [3.05, 3.63) is 54.1 Å². The van der Waals surface area contributed by atoms with Crippen molar-refractivity contribution in [3.8, 4) is 11.5 Å². The summed E-state index contributed by atoms with van der Waals surface area (Å²) in [5.74, 6) is 0.721. The molecule has 1 atom stereocenters. The zero-order valence-corrected chi connectivity index (χ0v) is 18.7. The smallest absolute Gasteiger partial charge is 0.322 e. The maximum atomic E-state index is 13.0. The summed E-state index contributed by atoms with van der Waals surface area (Å²) in [5, 5.41) is 2.96. The number of urea groups is 1. The van der Waals surface area contributed by atoms with Crippen molar-refractivity contribution in [2.24, 2.45) is 0 Å². The third-order valence-electron chi connectivity index (χ3n) is 5.80. The van der Waals surface area contributed by atoms with E-state index in [1.54, 1.807) is 25.2 Å². The van der Waals surface area contributed by atoms with Gasteiger partial charge in [0.25, 0.3) is 0 Å². The summed E-state index contributed by atoms with van der Waals surface area (Å²) in [6.45, 7) is 4.09. The van der Waals surface area contributed by atoms with E-state index in [9.17, 15) is 4.79 Å². The Labute approximate surface area is 189 Å². The zero-order valence-electron chi connectivity index (χ0n) is 18.7. The Morgan fingerprint density at radius 3 is 2.72 bits per heavy atom. The molecule has 172 valence electrons. The Bertz CT molecular complexity index is 924. The number of nitrogens with zero attached hydrogens (tertiary/aromatic N) is 2. The number of nitrogens with one attached hydrogen (secondary N) is 1. The van der Waals surface area contributed by atoms with Gasteiger partial charge in [-0.3, -0.25) is 4.90 Å². The van der Waals surface area contributed by atoms with Crippen LogP contribution >= 0.6 is 0 Å². The highest BCUT2D eigenvalue weighted by atomic mass is 16.7. The van der Waals surface area contributed by atoms with E-state index < -0.39 is 5.79 Å². The molecule has 2 amide bonds. The van der Waals surface area contributed by atoms with Crippen molar-refractivity contribution in [2.75, 3.05) is 58.9 Å². The number of morpholine rings is 1. The lowest BCUT2D eigenvalue weighted by Gasteiger charge is -2.43. The highest BCUT2D eigenvalue weighted by Crippen LogP contribution is 2.28. The highest BCUT2D eigenvalue weighted by molar-refractivity contribution is 5.89. The average Bonchev–Trinajstić information content (AvgIpc) is 3.01. The molecule has 32 heavy (non-hydrogen) atoms. The first-order chi connectivity index (χ1) is 15.6. The molecule has 0 aromatic heterocycles. The summed E-state index contributed by atoms with van der Waals surface area (Å²) in [6, 6.07) is 15.2. The van der Waals surface area contributed by atoms with Gasteiger partial charge in [0.15, 0.2) is 5.79 Å². The molecule has 1 N–H and O–H groups in total. The lowest BCUT2D eigenvalue weighted by atomic mass is 10.1. The van der Waals surface area contributed by atoms with Gasteiger partial charge >= 0.3 is 6.03 Å². The first-order valence-electron chi connectivity index (χ1n) is 10.9. The number of methoxy groups -OCH3 is 2. The summed E-state index contributed by atoms with van der Waals surface area (Å²) in [7, 11) is 3.29. The van der Waals surface area contributed by atoms with Crippen molar-refractivity contribution in [3.63, 3.8) is 0 Å². The van der Waals surface area contributed by atoms with E-state index in [4.69, 9.17) is 18.9 Å². The first-order valence-corrected chi connectivity index (χ1v) is 10.9. The molecular formula is C24H31N3O5. The van der Waals surface area contributed by atoms with Crippen molar-refractivity contribution in [1.82, 2.24) is 9.80 Å². The number of rotatable bonds is 5. The second-order valence-corrected chi connectivity index (χ2v) is 8.07. The molecule has 1 unspecified atom stereocenters. The summed E-state index contributed by atoms with van der Waals surface area (Å²) in [4.78, 5) is 17.0. The molecule has 2 heterocycles. The SMILES string of the molecule is COc1cccc(NC(=O)N2CCOC3(CN(Cc4ccccc4OC)CCCO3)C2)c1. The number of hydrogen-bond donors (Lipinski definition) is 1. The van der Waals surface area contributed by atoms with Gasteiger partial charge in [-0.15, -0.1) is 0 Å². The Morgan fingerprint density at radius 1 is 1.03 bits per heavy atom. The number of carbonyl (C=O) groups is 1. The molecule has 8 nitrogen and oxygen atoms in total. The summed E-state index contributed by atoms with van der Waals surface area (Å²) in [5.41, 5.74) is 1.81. The molecule has 1 spiro atoms. The first kappa shape index (κ1) is 22.4. The van der Waals surface area contributed by atoms with Gasteiger partial charge in [0.1, 0.15) is 11.5 Å². The minimum absolute atomic E-state index is 0.176. The largest absolute Gasteiger partial charge is 0.497 e. The molecule has 2 aliphatic rings. The number of anilines is 1. The molecule has 4 rings (SSSR count). The van der Waals surface area contributed by atoms with Crippen molar-refractivity contribution < 1.29 is 23.7 Å². The number of benzene rings is 2. The van der Waals surface area contributed by atoms with E-state index in [0.717, 1.165) is 30.8 Å². The molecule has 0 aliphatic carbocycles. The zero-order chi connectivity index (χ0) is 22.4. The Balaban J connectivity index is 1.44. The Hall–Kier alpha value is -2.81. The van der Waals surface area contributed by atoms with Crippen LogP contribution in [-0.2, 0) is 16.0 Å². The molecule has 8 heteroatoms. The molecule has 0 bridgehead atoms. The minimum atomic E-state index is -0.845. The third kappa shape index (κ3) is 5.32. The molecule has 2 saturated heterocycles. The van der Waals surface area contributed by atoms with Crippen LogP contribution in [-0.4, -0.2) is 75.2 Å². The van der Waals surface area contributed by atoms with Gasteiger partial charge in [0.2, 0.25) is 0 Å². The summed E-state index contributed by atoms with van der Waals surface area (Å²) < 4.78 is 23.1. The predicted molar refractivity (Wildman–Crippen MR) is 121 cm³/mol. The number of para-hydroxylation sites is 1. The summed E-state index contributed by atoms with van der Waals surface area (Å²) >= 11 is 0. The molecular weight excluding hydrogens is 410 g/mol. The van der Waals surface area contributed by atoms with Gasteiger partial charge in [-0.25, -0.2) is 4.79 Å². The molecule has 2 aliphatic heterocycles. The van der Waals surface area contributed by atoms with Crippen LogP contribution in [0.25, 0.3) is 0 Å². The topological polar surface area (TPSA) is 72.5 Å². The number of carbonyl (C=O) groups excluding carboxylic acids is 1. The maximum Gasteiger partial charge on any atom is 0.322 e. The molecule has 0 radical (unpaired) electrons. The lowest BCUT2D eigenvalue weighted by molar-refractivity contribution is -0.260. The van der Waals surface area contributed by atoms with E-state index in [2.05, 4.69) is 16.3 Å². The van der Waals surface area contributed by atoms with Crippen LogP contribution in [0.4, 0.5) is 10.5 Å². The van der Waals surface area contributed by atoms with E-state index >= 15 is 0 Å². The van der Waals surface area contributed by atoms with Crippen LogP contribution in [0.2, 0.25) is 0 Å². The fraction of sp³-hybridized carbons (Fsp3) is 0.458. The fourth-order valence-electron chi connectivity index (χ4n) is 4.24. The van der Waals surface area contributed by atoms with Gasteiger partial charge < -0.3 is 29.2 Å². The third-order valence-corrected chi connectivity index (χ3v) is 5.80. The van der Waals surface area contributed by atoms with Crippen LogP contribution in [0.1, 0.15) is 12.0 Å². The van der Waals surface area contributed by atoms with Gasteiger partial charge in [-0.2, -0.15) is 0 Å². The minimum Gasteiger partial charge on any atom is -0.497 e. The van der Waals surface area contributed by atoms with Gasteiger partial charge in [0, 0.05) is 37.0 Å². The fourth-order valence-corrected chi connectivity index (χ4v) is 4.24. The van der Waals surface area contributed by atoms with Gasteiger partial charge in [0.05, 0.1) is 40.5 Å². The van der Waals surface area contributed by atoms with Crippen LogP contribution in [0.5, 0.6) is 11.5 Å². The van der Waals surface area contributed by atoms with Crippen molar-refractivity contribution >= 4 is 11.7 Å². The average molecular weight is 442 g/mol. The lowest BCUT2D eigenvalue weighted by Crippen LogP contribution is -2.59. The van der Waals surface area contributed by atoms with Crippen LogP contribution in [0, 0.1) is 0 Å². The number of amides is 2. The molecule has 2 fully saturated rings. The molecule has 2 aromatic carbocycles. The van der Waals surface area contributed by atoms with Gasteiger partial charge in [-0.05, 0) is 24.6 Å². The predicted octanol–water partition coefficient (Wildman–Crippen LogP) is 3.19. The second-order valence-electron chi connectivity index (χ2n) is 8.07. The number of ether oxygens (including phenoxy) is 4.